The van der Waals surface area contributed by atoms with Crippen LogP contribution in [0.5, 0.6) is 5.75 Å². The second-order valence-electron chi connectivity index (χ2n) is 6.59. The lowest BCUT2D eigenvalue weighted by molar-refractivity contribution is 0.163. The number of methoxy groups -OCH3 is 1. The molecule has 0 atom stereocenters. The molecule has 156 valence electrons. The van der Waals surface area contributed by atoms with Crippen LogP contribution < -0.4 is 10.1 Å². The lowest BCUT2D eigenvalue weighted by Crippen LogP contribution is -2.27. The van der Waals surface area contributed by atoms with Crippen LogP contribution in [-0.2, 0) is 6.54 Å². The van der Waals surface area contributed by atoms with Gasteiger partial charge in [0.1, 0.15) is 11.6 Å². The number of amidine groups is 1. The highest BCUT2D eigenvalue weighted by Crippen LogP contribution is 2.40. The van der Waals surface area contributed by atoms with Crippen molar-refractivity contribution in [3.63, 3.8) is 0 Å². The van der Waals surface area contributed by atoms with E-state index in [9.17, 15) is 8.78 Å². The Kier molecular flexibility index (Phi) is 7.65. The van der Waals surface area contributed by atoms with E-state index in [1.54, 1.807) is 31.2 Å². The molecule has 4 nitrogen and oxygen atoms in total. The quantitative estimate of drug-likeness (QED) is 0.235. The number of halogens is 4. The van der Waals surface area contributed by atoms with Gasteiger partial charge < -0.3 is 10.1 Å². The topological polar surface area (TPSA) is 48.4 Å². The van der Waals surface area contributed by atoms with Gasteiger partial charge in [-0.25, -0.2) is 8.78 Å². The van der Waals surface area contributed by atoms with E-state index in [2.05, 4.69) is 21.2 Å². The highest BCUT2D eigenvalue weighted by atomic mass is 79.9. The molecule has 0 heterocycles. The summed E-state index contributed by atoms with van der Waals surface area (Å²) < 4.78 is 33.2. The molecule has 1 aliphatic rings. The van der Waals surface area contributed by atoms with E-state index in [-0.39, 0.29) is 5.84 Å². The van der Waals surface area contributed by atoms with Gasteiger partial charge in [-0.15, -0.1) is 0 Å². The first kappa shape index (κ1) is 22.2. The number of hydrogen-bond acceptors (Lipinski definition) is 4. The van der Waals surface area contributed by atoms with Crippen molar-refractivity contribution in [3.8, 4) is 5.75 Å². The van der Waals surface area contributed by atoms with Gasteiger partial charge in [-0.1, -0.05) is 23.7 Å². The third-order valence-corrected chi connectivity index (χ3v) is 6.62. The van der Waals surface area contributed by atoms with Crippen molar-refractivity contribution in [2.24, 2.45) is 0 Å². The molecule has 1 aliphatic carbocycles. The minimum absolute atomic E-state index is 0.181. The standard InChI is InChI=1S/C20H21BrClF2N3OS/c1-28-13-4-2-12(3-5-13)11-27(29-14-6-7-14)20(25)18-16(22)9-8-15(21)19(18)26-10-17(23)24/h2-5,8-9,14,17,25-26H,6-7,10-11H2,1H3. The van der Waals surface area contributed by atoms with E-state index < -0.39 is 13.0 Å². The SMILES string of the molecule is COc1ccc(CN(SC2CC2)C(=N)c2c(Cl)ccc(Br)c2NCC(F)F)cc1. The van der Waals surface area contributed by atoms with Gasteiger partial charge in [0.05, 0.1) is 36.5 Å². The lowest BCUT2D eigenvalue weighted by atomic mass is 10.1. The van der Waals surface area contributed by atoms with Gasteiger partial charge in [-0.3, -0.25) is 9.71 Å². The monoisotopic (exact) mass is 503 g/mol. The summed E-state index contributed by atoms with van der Waals surface area (Å²) in [4.78, 5) is 0. The fourth-order valence-electron chi connectivity index (χ4n) is 2.68. The van der Waals surface area contributed by atoms with Crippen LogP contribution in [0.1, 0.15) is 24.0 Å². The van der Waals surface area contributed by atoms with Gasteiger partial charge in [0.25, 0.3) is 6.43 Å². The van der Waals surface area contributed by atoms with Crippen LogP contribution in [0.3, 0.4) is 0 Å². The van der Waals surface area contributed by atoms with Gasteiger partial charge in [0.15, 0.2) is 0 Å². The number of anilines is 1. The van der Waals surface area contributed by atoms with Crippen LogP contribution in [0.4, 0.5) is 14.5 Å². The second-order valence-corrected chi connectivity index (χ2v) is 9.17. The van der Waals surface area contributed by atoms with E-state index in [0.717, 1.165) is 24.2 Å². The van der Waals surface area contributed by atoms with Crippen molar-refractivity contribution in [1.82, 2.24) is 4.31 Å². The number of nitrogens with zero attached hydrogens (tertiary/aromatic N) is 1. The van der Waals surface area contributed by atoms with Gasteiger partial charge >= 0.3 is 0 Å². The number of alkyl halides is 2. The molecule has 2 aromatic carbocycles. The van der Waals surface area contributed by atoms with Crippen LogP contribution in [-0.4, -0.2) is 35.5 Å². The van der Waals surface area contributed by atoms with Crippen LogP contribution in [0.2, 0.25) is 5.02 Å². The molecule has 29 heavy (non-hydrogen) atoms. The molecule has 0 amide bonds. The molecule has 0 bridgehead atoms. The maximum atomic E-state index is 12.8. The molecular formula is C20H21BrClF2N3OS. The molecule has 0 spiro atoms. The zero-order valence-electron chi connectivity index (χ0n) is 15.7. The molecule has 1 saturated carbocycles. The molecule has 3 rings (SSSR count). The van der Waals surface area contributed by atoms with Crippen LogP contribution in [0.15, 0.2) is 40.9 Å². The fourth-order valence-corrected chi connectivity index (χ4v) is 4.52. The van der Waals surface area contributed by atoms with Crippen molar-refractivity contribution in [3.05, 3.63) is 57.0 Å². The van der Waals surface area contributed by atoms with Crippen LogP contribution >= 0.6 is 39.5 Å². The fraction of sp³-hybridized carbons (Fsp3) is 0.350. The Labute approximate surface area is 186 Å². The number of rotatable bonds is 9. The van der Waals surface area contributed by atoms with E-state index >= 15 is 0 Å². The summed E-state index contributed by atoms with van der Waals surface area (Å²) in [5.74, 6) is 0.944. The molecule has 0 radical (unpaired) electrons. The van der Waals surface area contributed by atoms with Crippen LogP contribution in [0.25, 0.3) is 0 Å². The first-order chi connectivity index (χ1) is 13.9. The number of hydrogen-bond donors (Lipinski definition) is 2. The summed E-state index contributed by atoms with van der Waals surface area (Å²) in [6, 6.07) is 11.0. The summed E-state index contributed by atoms with van der Waals surface area (Å²) in [7, 11) is 1.61. The van der Waals surface area contributed by atoms with Gasteiger partial charge in [0.2, 0.25) is 0 Å². The van der Waals surface area contributed by atoms with Gasteiger partial charge in [-0.05, 0) is 70.5 Å². The zero-order chi connectivity index (χ0) is 21.0. The number of ether oxygens (including phenoxy) is 1. The Morgan fingerprint density at radius 3 is 2.59 bits per heavy atom. The average Bonchev–Trinajstić information content (AvgIpc) is 3.52. The maximum absolute atomic E-state index is 12.8. The lowest BCUT2D eigenvalue weighted by Gasteiger charge is -2.26. The summed E-state index contributed by atoms with van der Waals surface area (Å²) >= 11 is 11.4. The Balaban J connectivity index is 1.89. The van der Waals surface area contributed by atoms with Crippen molar-refractivity contribution < 1.29 is 13.5 Å². The normalized spacial score (nSPS) is 13.4. The first-order valence-corrected chi connectivity index (χ1v) is 11.1. The molecule has 0 saturated heterocycles. The smallest absolute Gasteiger partial charge is 0.255 e. The maximum Gasteiger partial charge on any atom is 0.255 e. The molecule has 2 N–H and O–H groups in total. The largest absolute Gasteiger partial charge is 0.497 e. The molecule has 0 aromatic heterocycles. The van der Waals surface area contributed by atoms with Crippen molar-refractivity contribution in [2.45, 2.75) is 31.1 Å². The summed E-state index contributed by atoms with van der Waals surface area (Å²) in [6.45, 7) is -0.0331. The highest BCUT2D eigenvalue weighted by Gasteiger charge is 2.29. The Hall–Kier alpha value is -1.51. The Morgan fingerprint density at radius 1 is 1.31 bits per heavy atom. The van der Waals surface area contributed by atoms with Crippen LogP contribution in [0, 0.1) is 5.41 Å². The Morgan fingerprint density at radius 2 is 2.00 bits per heavy atom. The average molecular weight is 505 g/mol. The third kappa shape index (κ3) is 5.99. The van der Waals surface area contributed by atoms with E-state index in [0.29, 0.717) is 32.5 Å². The number of nitrogens with one attached hydrogen (secondary N) is 2. The summed E-state index contributed by atoms with van der Waals surface area (Å²) in [5, 5.41) is 12.4. The van der Waals surface area contributed by atoms with Gasteiger partial charge in [-0.2, -0.15) is 0 Å². The minimum atomic E-state index is -2.51. The summed E-state index contributed by atoms with van der Waals surface area (Å²) in [6.07, 6.45) is -0.321. The van der Waals surface area contributed by atoms with Crippen molar-refractivity contribution in [2.75, 3.05) is 19.0 Å². The molecule has 1 fully saturated rings. The number of benzene rings is 2. The Bertz CT molecular complexity index is 866. The van der Waals surface area contributed by atoms with Gasteiger partial charge in [0, 0.05) is 9.72 Å². The zero-order valence-corrected chi connectivity index (χ0v) is 18.9. The van der Waals surface area contributed by atoms with E-state index in [1.807, 2.05) is 28.6 Å². The predicted octanol–water partition coefficient (Wildman–Crippen LogP) is 6.43. The van der Waals surface area contributed by atoms with E-state index in [4.69, 9.17) is 21.7 Å². The molecule has 9 heteroatoms. The molecule has 0 aliphatic heterocycles. The third-order valence-electron chi connectivity index (χ3n) is 4.31. The molecule has 0 unspecified atom stereocenters. The predicted molar refractivity (Wildman–Crippen MR) is 120 cm³/mol. The first-order valence-electron chi connectivity index (χ1n) is 9.05. The second kappa shape index (κ2) is 10.00. The van der Waals surface area contributed by atoms with Crippen molar-refractivity contribution >= 4 is 51.0 Å². The highest BCUT2D eigenvalue weighted by molar-refractivity contribution is 9.10. The molecular weight excluding hydrogens is 484 g/mol. The minimum Gasteiger partial charge on any atom is -0.497 e. The van der Waals surface area contributed by atoms with Crippen molar-refractivity contribution in [1.29, 1.82) is 5.41 Å². The summed E-state index contributed by atoms with van der Waals surface area (Å²) in [5.41, 5.74) is 1.82. The van der Waals surface area contributed by atoms with E-state index in [1.165, 1.54) is 0 Å². The molecule has 2 aromatic rings.